The number of carboxylic acids is 1. The van der Waals surface area contributed by atoms with E-state index >= 15 is 0 Å². The lowest BCUT2D eigenvalue weighted by atomic mass is 10.0. The van der Waals surface area contributed by atoms with E-state index in [-0.39, 0.29) is 11.8 Å². The Morgan fingerprint density at radius 1 is 1.22 bits per heavy atom. The van der Waals surface area contributed by atoms with Crippen molar-refractivity contribution in [3.8, 4) is 0 Å². The fraction of sp³-hybridized carbons (Fsp3) is 0.579. The first-order valence-electron chi connectivity index (χ1n) is 8.58. The van der Waals surface area contributed by atoms with Crippen molar-refractivity contribution in [3.05, 3.63) is 34.9 Å². The summed E-state index contributed by atoms with van der Waals surface area (Å²) in [6.07, 6.45) is 6.04. The molecular weight excluding hydrogens is 290 g/mol. The van der Waals surface area contributed by atoms with Gasteiger partial charge in [-0.25, -0.2) is 4.79 Å². The zero-order valence-corrected chi connectivity index (χ0v) is 14.1. The molecule has 0 bridgehead atoms. The van der Waals surface area contributed by atoms with Gasteiger partial charge in [0.1, 0.15) is 6.04 Å². The van der Waals surface area contributed by atoms with Gasteiger partial charge < -0.3 is 10.4 Å². The summed E-state index contributed by atoms with van der Waals surface area (Å²) in [5.41, 5.74) is 4.19. The van der Waals surface area contributed by atoms with Crippen LogP contribution in [0.15, 0.2) is 18.2 Å². The van der Waals surface area contributed by atoms with Gasteiger partial charge in [-0.1, -0.05) is 32.0 Å². The topological polar surface area (TPSA) is 66.4 Å². The van der Waals surface area contributed by atoms with Crippen LogP contribution in [-0.2, 0) is 28.9 Å². The highest BCUT2D eigenvalue weighted by Crippen LogP contribution is 2.23. The molecule has 1 unspecified atom stereocenters. The van der Waals surface area contributed by atoms with Crippen LogP contribution in [0.4, 0.5) is 0 Å². The first kappa shape index (κ1) is 17.5. The van der Waals surface area contributed by atoms with Gasteiger partial charge >= 0.3 is 5.97 Å². The zero-order chi connectivity index (χ0) is 16.8. The van der Waals surface area contributed by atoms with E-state index in [1.165, 1.54) is 36.0 Å². The molecule has 1 aliphatic rings. The maximum atomic E-state index is 11.9. The second kappa shape index (κ2) is 8.14. The van der Waals surface area contributed by atoms with E-state index < -0.39 is 12.0 Å². The summed E-state index contributed by atoms with van der Waals surface area (Å²) in [5.74, 6) is -0.882. The Morgan fingerprint density at radius 2 is 1.96 bits per heavy atom. The standard InChI is InChI=1S/C19H27NO3/c1-13(2)11-17(19(22)23)20-18(21)8-3-5-14-9-10-15-6-4-7-16(15)12-14/h9-10,12-13,17H,3-8,11H2,1-2H3,(H,20,21)(H,22,23). The van der Waals surface area contributed by atoms with Crippen molar-refractivity contribution in [2.24, 2.45) is 5.92 Å². The van der Waals surface area contributed by atoms with Gasteiger partial charge in [-0.05, 0) is 61.1 Å². The van der Waals surface area contributed by atoms with Crippen LogP contribution >= 0.6 is 0 Å². The van der Waals surface area contributed by atoms with Crippen LogP contribution in [0.5, 0.6) is 0 Å². The number of carbonyl (C=O) groups excluding carboxylic acids is 1. The minimum absolute atomic E-state index is 0.167. The first-order chi connectivity index (χ1) is 11.0. The highest BCUT2D eigenvalue weighted by molar-refractivity contribution is 5.83. The minimum atomic E-state index is -0.953. The van der Waals surface area contributed by atoms with Crippen LogP contribution in [0.1, 0.15) is 56.2 Å². The highest BCUT2D eigenvalue weighted by atomic mass is 16.4. The lowest BCUT2D eigenvalue weighted by molar-refractivity contribution is -0.142. The Kier molecular flexibility index (Phi) is 6.20. The van der Waals surface area contributed by atoms with Crippen LogP contribution in [0, 0.1) is 5.92 Å². The Hall–Kier alpha value is -1.84. The Morgan fingerprint density at radius 3 is 2.65 bits per heavy atom. The lowest BCUT2D eigenvalue weighted by Gasteiger charge is -2.16. The molecule has 4 heteroatoms. The fourth-order valence-corrected chi connectivity index (χ4v) is 3.19. The molecular formula is C19H27NO3. The molecule has 0 aliphatic heterocycles. The maximum absolute atomic E-state index is 11.9. The molecule has 0 fully saturated rings. The molecule has 0 saturated carbocycles. The summed E-state index contributed by atoms with van der Waals surface area (Å²) in [5, 5.41) is 11.8. The smallest absolute Gasteiger partial charge is 0.326 e. The van der Waals surface area contributed by atoms with Crippen molar-refractivity contribution < 1.29 is 14.7 Å². The van der Waals surface area contributed by atoms with Crippen LogP contribution in [0.2, 0.25) is 0 Å². The summed E-state index contributed by atoms with van der Waals surface area (Å²) >= 11 is 0. The Labute approximate surface area is 138 Å². The van der Waals surface area contributed by atoms with Gasteiger partial charge in [0.25, 0.3) is 0 Å². The molecule has 0 heterocycles. The molecule has 1 atom stereocenters. The summed E-state index contributed by atoms with van der Waals surface area (Å²) in [7, 11) is 0. The summed E-state index contributed by atoms with van der Waals surface area (Å²) in [6.45, 7) is 3.91. The first-order valence-corrected chi connectivity index (χ1v) is 8.58. The average molecular weight is 317 g/mol. The number of aliphatic carboxylic acids is 1. The predicted octanol–water partition coefficient (Wildman–Crippen LogP) is 3.11. The highest BCUT2D eigenvalue weighted by Gasteiger charge is 2.20. The number of carboxylic acid groups (broad SMARTS) is 1. The number of hydrogen-bond donors (Lipinski definition) is 2. The van der Waals surface area contributed by atoms with Crippen LogP contribution in [0.3, 0.4) is 0 Å². The molecule has 0 radical (unpaired) electrons. The van der Waals surface area contributed by atoms with E-state index in [1.807, 2.05) is 13.8 Å². The molecule has 0 aromatic heterocycles. The number of benzene rings is 1. The third-order valence-electron chi connectivity index (χ3n) is 4.37. The molecule has 1 aromatic rings. The van der Waals surface area contributed by atoms with Gasteiger partial charge in [-0.3, -0.25) is 4.79 Å². The van der Waals surface area contributed by atoms with Crippen LogP contribution in [-0.4, -0.2) is 23.0 Å². The van der Waals surface area contributed by atoms with Gasteiger partial charge in [0, 0.05) is 6.42 Å². The molecule has 2 N–H and O–H groups in total. The number of aryl methyl sites for hydroxylation is 3. The molecule has 4 nitrogen and oxygen atoms in total. The van der Waals surface area contributed by atoms with Crippen molar-refractivity contribution in [2.75, 3.05) is 0 Å². The van der Waals surface area contributed by atoms with Crippen molar-refractivity contribution >= 4 is 11.9 Å². The Bertz CT molecular complexity index is 566. The summed E-state index contributed by atoms with van der Waals surface area (Å²) in [6, 6.07) is 5.85. The number of fused-ring (bicyclic) bond motifs is 1. The maximum Gasteiger partial charge on any atom is 0.326 e. The van der Waals surface area contributed by atoms with E-state index in [0.29, 0.717) is 12.8 Å². The Balaban J connectivity index is 1.77. The quantitative estimate of drug-likeness (QED) is 0.774. The van der Waals surface area contributed by atoms with Gasteiger partial charge in [0.2, 0.25) is 5.91 Å². The third kappa shape index (κ3) is 5.38. The van der Waals surface area contributed by atoms with E-state index in [2.05, 4.69) is 23.5 Å². The number of amides is 1. The molecule has 1 aromatic carbocycles. The summed E-state index contributed by atoms with van der Waals surface area (Å²) < 4.78 is 0. The van der Waals surface area contributed by atoms with Crippen molar-refractivity contribution in [3.63, 3.8) is 0 Å². The minimum Gasteiger partial charge on any atom is -0.480 e. The number of rotatable bonds is 8. The fourth-order valence-electron chi connectivity index (χ4n) is 3.19. The largest absolute Gasteiger partial charge is 0.480 e. The number of nitrogens with one attached hydrogen (secondary N) is 1. The van der Waals surface area contributed by atoms with Gasteiger partial charge in [-0.2, -0.15) is 0 Å². The monoisotopic (exact) mass is 317 g/mol. The van der Waals surface area contributed by atoms with E-state index in [0.717, 1.165) is 12.8 Å². The molecule has 0 spiro atoms. The molecule has 2 rings (SSSR count). The average Bonchev–Trinajstić information content (AvgIpc) is 2.93. The SMILES string of the molecule is CC(C)CC(NC(=O)CCCc1ccc2c(c1)CCC2)C(=O)O. The lowest BCUT2D eigenvalue weighted by Crippen LogP contribution is -2.41. The number of carbonyl (C=O) groups is 2. The van der Waals surface area contributed by atoms with Crippen LogP contribution < -0.4 is 5.32 Å². The van der Waals surface area contributed by atoms with Crippen molar-refractivity contribution in [2.45, 2.75) is 64.8 Å². The molecule has 1 aliphatic carbocycles. The molecule has 126 valence electrons. The van der Waals surface area contributed by atoms with Crippen molar-refractivity contribution in [1.29, 1.82) is 0 Å². The van der Waals surface area contributed by atoms with E-state index in [4.69, 9.17) is 5.11 Å². The normalized spacial score (nSPS) is 14.6. The second-order valence-corrected chi connectivity index (χ2v) is 6.90. The third-order valence-corrected chi connectivity index (χ3v) is 4.37. The van der Waals surface area contributed by atoms with Gasteiger partial charge in [0.15, 0.2) is 0 Å². The van der Waals surface area contributed by atoms with Gasteiger partial charge in [-0.15, -0.1) is 0 Å². The predicted molar refractivity (Wildman–Crippen MR) is 90.4 cm³/mol. The van der Waals surface area contributed by atoms with Crippen LogP contribution in [0.25, 0.3) is 0 Å². The van der Waals surface area contributed by atoms with E-state index in [1.54, 1.807) is 0 Å². The molecule has 0 saturated heterocycles. The molecule has 1 amide bonds. The van der Waals surface area contributed by atoms with Gasteiger partial charge in [0.05, 0.1) is 0 Å². The van der Waals surface area contributed by atoms with Crippen molar-refractivity contribution in [1.82, 2.24) is 5.32 Å². The number of hydrogen-bond acceptors (Lipinski definition) is 2. The second-order valence-electron chi connectivity index (χ2n) is 6.90. The summed E-state index contributed by atoms with van der Waals surface area (Å²) in [4.78, 5) is 23.1. The zero-order valence-electron chi connectivity index (χ0n) is 14.1. The van der Waals surface area contributed by atoms with E-state index in [9.17, 15) is 9.59 Å². The molecule has 23 heavy (non-hydrogen) atoms.